The third kappa shape index (κ3) is 2.97. The molecule has 0 aliphatic rings. The first-order valence-electron chi connectivity index (χ1n) is 5.61. The molecule has 0 atom stereocenters. The minimum Gasteiger partial charge on any atom is -0.462 e. The summed E-state index contributed by atoms with van der Waals surface area (Å²) in [5.41, 5.74) is 0.826. The maximum atomic E-state index is 6.07. The maximum absolute atomic E-state index is 6.07. The summed E-state index contributed by atoms with van der Waals surface area (Å²) in [6.07, 6.45) is 2.08. The molecule has 0 spiro atoms. The second-order valence-corrected chi connectivity index (χ2v) is 4.06. The number of H-pyrrole nitrogens is 1. The highest BCUT2D eigenvalue weighted by molar-refractivity contribution is 6.33. The van der Waals surface area contributed by atoms with Gasteiger partial charge in [-0.05, 0) is 18.6 Å². The Bertz CT molecular complexity index is 484. The van der Waals surface area contributed by atoms with E-state index in [1.807, 2.05) is 24.3 Å². The zero-order valence-corrected chi connectivity index (χ0v) is 10.4. The Hall–Kier alpha value is -1.55. The Balaban J connectivity index is 2.10. The van der Waals surface area contributed by atoms with Crippen LogP contribution in [-0.4, -0.2) is 21.8 Å². The van der Waals surface area contributed by atoms with Crippen molar-refractivity contribution >= 4 is 11.6 Å². The van der Waals surface area contributed by atoms with E-state index in [2.05, 4.69) is 22.1 Å². The molecule has 0 saturated heterocycles. The van der Waals surface area contributed by atoms with Gasteiger partial charge in [0.1, 0.15) is 0 Å². The van der Waals surface area contributed by atoms with E-state index in [0.29, 0.717) is 23.5 Å². The molecule has 0 radical (unpaired) electrons. The van der Waals surface area contributed by atoms with Crippen molar-refractivity contribution < 1.29 is 4.74 Å². The first-order valence-corrected chi connectivity index (χ1v) is 5.99. The molecular formula is C12H14ClN3O. The van der Waals surface area contributed by atoms with E-state index in [1.165, 1.54) is 0 Å². The molecule has 1 aromatic carbocycles. The van der Waals surface area contributed by atoms with Crippen LogP contribution in [0, 0.1) is 0 Å². The van der Waals surface area contributed by atoms with Gasteiger partial charge in [-0.2, -0.15) is 4.98 Å². The molecule has 0 aliphatic heterocycles. The lowest BCUT2D eigenvalue weighted by atomic mass is 10.2. The van der Waals surface area contributed by atoms with Crippen molar-refractivity contribution in [3.05, 3.63) is 29.3 Å². The minimum absolute atomic E-state index is 0.369. The highest BCUT2D eigenvalue weighted by Gasteiger charge is 2.08. The third-order valence-corrected chi connectivity index (χ3v) is 2.65. The van der Waals surface area contributed by atoms with Gasteiger partial charge in [-0.3, -0.25) is 5.10 Å². The molecule has 5 heteroatoms. The molecule has 0 unspecified atom stereocenters. The van der Waals surface area contributed by atoms with Gasteiger partial charge < -0.3 is 4.74 Å². The molecule has 90 valence electrons. The zero-order chi connectivity index (χ0) is 12.1. The van der Waals surface area contributed by atoms with Crippen molar-refractivity contribution in [1.29, 1.82) is 0 Å². The van der Waals surface area contributed by atoms with E-state index < -0.39 is 0 Å². The summed E-state index contributed by atoms with van der Waals surface area (Å²) in [5, 5.41) is 7.45. The van der Waals surface area contributed by atoms with Gasteiger partial charge in [0.2, 0.25) is 0 Å². The van der Waals surface area contributed by atoms with Crippen LogP contribution in [0.1, 0.15) is 19.8 Å². The average Bonchev–Trinajstić information content (AvgIpc) is 2.79. The minimum atomic E-state index is 0.369. The number of benzene rings is 1. The van der Waals surface area contributed by atoms with Gasteiger partial charge >= 0.3 is 6.01 Å². The van der Waals surface area contributed by atoms with Crippen LogP contribution in [0.5, 0.6) is 6.01 Å². The molecule has 0 aliphatic carbocycles. The highest BCUT2D eigenvalue weighted by atomic mass is 35.5. The number of rotatable bonds is 5. The fourth-order valence-corrected chi connectivity index (χ4v) is 1.62. The molecule has 17 heavy (non-hydrogen) atoms. The Kier molecular flexibility index (Phi) is 3.98. The summed E-state index contributed by atoms with van der Waals surface area (Å²) < 4.78 is 5.39. The van der Waals surface area contributed by atoms with Gasteiger partial charge in [-0.1, -0.05) is 37.1 Å². The predicted octanol–water partition coefficient (Wildman–Crippen LogP) is 3.30. The van der Waals surface area contributed by atoms with Crippen LogP contribution in [-0.2, 0) is 0 Å². The molecule has 1 heterocycles. The average molecular weight is 252 g/mol. The van der Waals surface area contributed by atoms with Crippen molar-refractivity contribution in [1.82, 2.24) is 15.2 Å². The Morgan fingerprint density at radius 1 is 1.35 bits per heavy atom. The van der Waals surface area contributed by atoms with Crippen LogP contribution in [0.25, 0.3) is 11.4 Å². The Morgan fingerprint density at radius 3 is 2.94 bits per heavy atom. The topological polar surface area (TPSA) is 50.8 Å². The number of halogens is 1. The molecular weight excluding hydrogens is 238 g/mol. The Morgan fingerprint density at radius 2 is 2.18 bits per heavy atom. The van der Waals surface area contributed by atoms with Crippen LogP contribution in [0.3, 0.4) is 0 Å². The van der Waals surface area contributed by atoms with E-state index in [9.17, 15) is 0 Å². The molecule has 0 bridgehead atoms. The van der Waals surface area contributed by atoms with Crippen LogP contribution >= 0.6 is 11.6 Å². The summed E-state index contributed by atoms with van der Waals surface area (Å²) in [5.74, 6) is 0.627. The molecule has 1 N–H and O–H groups in total. The maximum Gasteiger partial charge on any atom is 0.335 e. The van der Waals surface area contributed by atoms with E-state index in [4.69, 9.17) is 16.3 Å². The van der Waals surface area contributed by atoms with E-state index in [-0.39, 0.29) is 0 Å². The van der Waals surface area contributed by atoms with Crippen molar-refractivity contribution in [3.8, 4) is 17.4 Å². The van der Waals surface area contributed by atoms with Crippen LogP contribution in [0.15, 0.2) is 24.3 Å². The monoisotopic (exact) mass is 251 g/mol. The number of hydrogen-bond donors (Lipinski definition) is 1. The first-order chi connectivity index (χ1) is 8.31. The standard InChI is InChI=1S/C12H14ClN3O/c1-2-3-8-17-12-14-11(15-16-12)9-6-4-5-7-10(9)13/h4-7H,2-3,8H2,1H3,(H,14,15,16). The quantitative estimate of drug-likeness (QED) is 0.830. The zero-order valence-electron chi connectivity index (χ0n) is 9.61. The number of aromatic nitrogens is 3. The second-order valence-electron chi connectivity index (χ2n) is 3.65. The van der Waals surface area contributed by atoms with Gasteiger partial charge in [0.25, 0.3) is 0 Å². The summed E-state index contributed by atoms with van der Waals surface area (Å²) >= 11 is 6.07. The Labute approximate surface area is 105 Å². The first kappa shape index (κ1) is 11.9. The van der Waals surface area contributed by atoms with Crippen molar-refractivity contribution in [2.24, 2.45) is 0 Å². The number of hydrogen-bond acceptors (Lipinski definition) is 3. The van der Waals surface area contributed by atoms with Crippen LogP contribution < -0.4 is 4.74 Å². The molecule has 0 amide bonds. The number of unbranched alkanes of at least 4 members (excludes halogenated alkanes) is 1. The lowest BCUT2D eigenvalue weighted by Gasteiger charge is -1.99. The van der Waals surface area contributed by atoms with E-state index in [1.54, 1.807) is 0 Å². The SMILES string of the molecule is CCCCOc1n[nH]c(-c2ccccc2Cl)n1. The molecule has 2 rings (SSSR count). The van der Waals surface area contributed by atoms with Crippen molar-refractivity contribution in [2.45, 2.75) is 19.8 Å². The molecule has 4 nitrogen and oxygen atoms in total. The second kappa shape index (κ2) is 5.68. The normalized spacial score (nSPS) is 10.5. The molecule has 2 aromatic rings. The smallest absolute Gasteiger partial charge is 0.335 e. The lowest BCUT2D eigenvalue weighted by molar-refractivity contribution is 0.286. The summed E-state index contributed by atoms with van der Waals surface area (Å²) in [4.78, 5) is 4.24. The van der Waals surface area contributed by atoms with Crippen molar-refractivity contribution in [2.75, 3.05) is 6.61 Å². The summed E-state index contributed by atoms with van der Waals surface area (Å²) in [6, 6.07) is 7.85. The fraction of sp³-hybridized carbons (Fsp3) is 0.333. The molecule has 0 fully saturated rings. The van der Waals surface area contributed by atoms with Gasteiger partial charge in [0.15, 0.2) is 5.82 Å². The van der Waals surface area contributed by atoms with E-state index in [0.717, 1.165) is 18.4 Å². The number of ether oxygens (including phenoxy) is 1. The number of aromatic amines is 1. The molecule has 1 aromatic heterocycles. The van der Waals surface area contributed by atoms with Gasteiger partial charge in [-0.25, -0.2) is 0 Å². The van der Waals surface area contributed by atoms with Gasteiger partial charge in [-0.15, -0.1) is 5.10 Å². The largest absolute Gasteiger partial charge is 0.462 e. The summed E-state index contributed by atoms with van der Waals surface area (Å²) in [7, 11) is 0. The fourth-order valence-electron chi connectivity index (χ4n) is 1.39. The van der Waals surface area contributed by atoms with Crippen molar-refractivity contribution in [3.63, 3.8) is 0 Å². The van der Waals surface area contributed by atoms with Gasteiger partial charge in [0.05, 0.1) is 11.6 Å². The van der Waals surface area contributed by atoms with Gasteiger partial charge in [0, 0.05) is 5.56 Å². The summed E-state index contributed by atoms with van der Waals surface area (Å²) in [6.45, 7) is 2.74. The van der Waals surface area contributed by atoms with Crippen LogP contribution in [0.4, 0.5) is 0 Å². The number of nitrogens with one attached hydrogen (secondary N) is 1. The highest BCUT2D eigenvalue weighted by Crippen LogP contribution is 2.25. The predicted molar refractivity (Wildman–Crippen MR) is 67.2 cm³/mol. The van der Waals surface area contributed by atoms with Crippen LogP contribution in [0.2, 0.25) is 5.02 Å². The lowest BCUT2D eigenvalue weighted by Crippen LogP contribution is -1.97. The molecule has 0 saturated carbocycles. The number of nitrogens with zero attached hydrogens (tertiary/aromatic N) is 2. The van der Waals surface area contributed by atoms with E-state index >= 15 is 0 Å². The third-order valence-electron chi connectivity index (χ3n) is 2.32.